The number of carbonyl (C=O) groups excluding carboxylic acids is 1. The Labute approximate surface area is 166 Å². The maximum atomic E-state index is 12.6. The quantitative estimate of drug-likeness (QED) is 0.609. The van der Waals surface area contributed by atoms with Crippen molar-refractivity contribution in [2.75, 3.05) is 17.2 Å². The van der Waals surface area contributed by atoms with E-state index in [0.717, 1.165) is 42.6 Å². The van der Waals surface area contributed by atoms with Gasteiger partial charge in [-0.15, -0.1) is 0 Å². The molecule has 144 valence electrons. The normalized spacial score (nSPS) is 10.5. The number of nitrogens with one attached hydrogen (secondary N) is 2. The van der Waals surface area contributed by atoms with Gasteiger partial charge >= 0.3 is 0 Å². The van der Waals surface area contributed by atoms with Crippen LogP contribution < -0.4 is 10.6 Å². The molecule has 28 heavy (non-hydrogen) atoms. The maximum Gasteiger partial charge on any atom is 0.275 e. The molecule has 0 unspecified atom stereocenters. The predicted molar refractivity (Wildman–Crippen MR) is 114 cm³/mol. The number of nitrogens with zero attached hydrogens (tertiary/aromatic N) is 2. The van der Waals surface area contributed by atoms with Gasteiger partial charge in [0.05, 0.1) is 12.4 Å². The number of hydrogen-bond acceptors (Lipinski definition) is 4. The molecule has 5 nitrogen and oxygen atoms in total. The van der Waals surface area contributed by atoms with Gasteiger partial charge in [0.25, 0.3) is 5.91 Å². The molecule has 2 N–H and O–H groups in total. The number of hydrogen-bond donors (Lipinski definition) is 2. The fourth-order valence-electron chi connectivity index (χ4n) is 3.10. The van der Waals surface area contributed by atoms with Gasteiger partial charge in [-0.3, -0.25) is 4.79 Å². The molecular weight excluding hydrogens is 348 g/mol. The third-order valence-corrected chi connectivity index (χ3v) is 4.68. The van der Waals surface area contributed by atoms with Gasteiger partial charge in [0.15, 0.2) is 0 Å². The molecule has 1 amide bonds. The molecule has 1 aromatic heterocycles. The fourth-order valence-corrected chi connectivity index (χ4v) is 3.10. The average molecular weight is 374 g/mol. The Morgan fingerprint density at radius 3 is 2.21 bits per heavy atom. The second kappa shape index (κ2) is 9.65. The Kier molecular flexibility index (Phi) is 6.73. The summed E-state index contributed by atoms with van der Waals surface area (Å²) in [6.07, 6.45) is 5.74. The molecule has 0 spiro atoms. The van der Waals surface area contributed by atoms with Crippen LogP contribution in [0.15, 0.2) is 60.9 Å². The zero-order valence-electron chi connectivity index (χ0n) is 16.4. The maximum absolute atomic E-state index is 12.6. The number of anilines is 2. The molecule has 0 saturated heterocycles. The van der Waals surface area contributed by atoms with Crippen molar-refractivity contribution in [1.29, 1.82) is 0 Å². The Morgan fingerprint density at radius 1 is 0.893 bits per heavy atom. The van der Waals surface area contributed by atoms with Crippen LogP contribution in [0.2, 0.25) is 0 Å². The van der Waals surface area contributed by atoms with Crippen molar-refractivity contribution in [3.05, 3.63) is 83.3 Å². The van der Waals surface area contributed by atoms with Crippen LogP contribution in [-0.2, 0) is 19.3 Å². The molecule has 0 bridgehead atoms. The molecule has 0 radical (unpaired) electrons. The second-order valence-corrected chi connectivity index (χ2v) is 6.56. The van der Waals surface area contributed by atoms with Crippen molar-refractivity contribution in [2.24, 2.45) is 0 Å². The first-order chi connectivity index (χ1) is 13.7. The molecule has 3 aromatic rings. The van der Waals surface area contributed by atoms with Crippen molar-refractivity contribution in [3.8, 4) is 0 Å². The molecule has 0 saturated carbocycles. The van der Waals surface area contributed by atoms with E-state index in [-0.39, 0.29) is 5.91 Å². The van der Waals surface area contributed by atoms with Gasteiger partial charge < -0.3 is 10.6 Å². The topological polar surface area (TPSA) is 66.9 Å². The van der Waals surface area contributed by atoms with Crippen molar-refractivity contribution < 1.29 is 4.79 Å². The Balaban J connectivity index is 1.61. The molecule has 3 rings (SSSR count). The van der Waals surface area contributed by atoms with E-state index in [9.17, 15) is 4.79 Å². The van der Waals surface area contributed by atoms with Gasteiger partial charge in [-0.05, 0) is 36.0 Å². The number of para-hydroxylation sites is 1. The van der Waals surface area contributed by atoms with Gasteiger partial charge in [-0.25, -0.2) is 9.97 Å². The van der Waals surface area contributed by atoms with Crippen molar-refractivity contribution in [1.82, 2.24) is 9.97 Å². The lowest BCUT2D eigenvalue weighted by Crippen LogP contribution is -2.17. The number of benzene rings is 2. The second-order valence-electron chi connectivity index (χ2n) is 6.56. The lowest BCUT2D eigenvalue weighted by atomic mass is 10.0. The minimum absolute atomic E-state index is 0.237. The van der Waals surface area contributed by atoms with E-state index < -0.39 is 0 Å². The zero-order valence-corrected chi connectivity index (χ0v) is 16.4. The molecule has 0 fully saturated rings. The SMILES string of the molecule is CCc1cccc(CC)c1NC(=O)c1cnc(NCCc2ccccc2)cn1. The van der Waals surface area contributed by atoms with E-state index >= 15 is 0 Å². The van der Waals surface area contributed by atoms with E-state index in [2.05, 4.69) is 46.6 Å². The molecule has 0 atom stereocenters. The highest BCUT2D eigenvalue weighted by Crippen LogP contribution is 2.23. The summed E-state index contributed by atoms with van der Waals surface area (Å²) < 4.78 is 0. The average Bonchev–Trinajstić information content (AvgIpc) is 2.75. The largest absolute Gasteiger partial charge is 0.368 e. The van der Waals surface area contributed by atoms with Gasteiger partial charge in [0.1, 0.15) is 11.5 Å². The van der Waals surface area contributed by atoms with Gasteiger partial charge in [-0.2, -0.15) is 0 Å². The van der Waals surface area contributed by atoms with E-state index in [1.807, 2.05) is 36.4 Å². The molecule has 0 aliphatic heterocycles. The summed E-state index contributed by atoms with van der Waals surface area (Å²) >= 11 is 0. The highest BCUT2D eigenvalue weighted by Gasteiger charge is 2.13. The van der Waals surface area contributed by atoms with Crippen LogP contribution in [0.25, 0.3) is 0 Å². The lowest BCUT2D eigenvalue weighted by molar-refractivity contribution is 0.102. The van der Waals surface area contributed by atoms with Gasteiger partial charge in [0, 0.05) is 12.2 Å². The lowest BCUT2D eigenvalue weighted by Gasteiger charge is -2.14. The monoisotopic (exact) mass is 374 g/mol. The van der Waals surface area contributed by atoms with Crippen LogP contribution >= 0.6 is 0 Å². The van der Waals surface area contributed by atoms with Crippen molar-refractivity contribution in [2.45, 2.75) is 33.1 Å². The van der Waals surface area contributed by atoms with E-state index in [4.69, 9.17) is 0 Å². The fraction of sp³-hybridized carbons (Fsp3) is 0.261. The molecule has 0 aliphatic rings. The van der Waals surface area contributed by atoms with Crippen LogP contribution in [-0.4, -0.2) is 22.4 Å². The summed E-state index contributed by atoms with van der Waals surface area (Å²) in [5, 5.41) is 6.26. The van der Waals surface area contributed by atoms with Crippen LogP contribution in [0.1, 0.15) is 41.0 Å². The molecule has 5 heteroatoms. The summed E-state index contributed by atoms with van der Waals surface area (Å²) in [4.78, 5) is 21.2. The first-order valence-corrected chi connectivity index (χ1v) is 9.73. The highest BCUT2D eigenvalue weighted by molar-refractivity contribution is 6.03. The van der Waals surface area contributed by atoms with E-state index in [0.29, 0.717) is 11.5 Å². The highest BCUT2D eigenvalue weighted by atomic mass is 16.1. The Morgan fingerprint density at radius 2 is 1.61 bits per heavy atom. The summed E-state index contributed by atoms with van der Waals surface area (Å²) in [6, 6.07) is 16.4. The third kappa shape index (κ3) is 4.94. The summed E-state index contributed by atoms with van der Waals surface area (Å²) in [5.41, 5.74) is 4.71. The van der Waals surface area contributed by atoms with Crippen molar-refractivity contribution >= 4 is 17.4 Å². The van der Waals surface area contributed by atoms with Crippen LogP contribution in [0.5, 0.6) is 0 Å². The standard InChI is InChI=1S/C23H26N4O/c1-3-18-11-8-12-19(4-2)22(18)27-23(28)20-15-26-21(16-25-20)24-14-13-17-9-6-5-7-10-17/h5-12,15-16H,3-4,13-14H2,1-2H3,(H,24,26)(H,27,28). The smallest absolute Gasteiger partial charge is 0.275 e. The zero-order chi connectivity index (χ0) is 19.8. The predicted octanol–water partition coefficient (Wildman–Crippen LogP) is 4.51. The molecule has 2 aromatic carbocycles. The van der Waals surface area contributed by atoms with E-state index in [1.165, 1.54) is 11.8 Å². The molecule has 1 heterocycles. The van der Waals surface area contributed by atoms with E-state index in [1.54, 1.807) is 6.20 Å². The minimum Gasteiger partial charge on any atom is -0.368 e. The minimum atomic E-state index is -0.237. The molecular formula is C23H26N4O. The number of aryl methyl sites for hydroxylation is 2. The first kappa shape index (κ1) is 19.5. The van der Waals surface area contributed by atoms with Crippen molar-refractivity contribution in [3.63, 3.8) is 0 Å². The Bertz CT molecular complexity index is 885. The first-order valence-electron chi connectivity index (χ1n) is 9.73. The molecule has 0 aliphatic carbocycles. The summed E-state index contributed by atoms with van der Waals surface area (Å²) in [6.45, 7) is 4.92. The summed E-state index contributed by atoms with van der Waals surface area (Å²) in [5.74, 6) is 0.426. The van der Waals surface area contributed by atoms with Gasteiger partial charge in [0.2, 0.25) is 0 Å². The number of aromatic nitrogens is 2. The number of carbonyl (C=O) groups is 1. The number of rotatable bonds is 8. The van der Waals surface area contributed by atoms with Crippen LogP contribution in [0, 0.1) is 0 Å². The van der Waals surface area contributed by atoms with Crippen LogP contribution in [0.3, 0.4) is 0 Å². The van der Waals surface area contributed by atoms with Gasteiger partial charge in [-0.1, -0.05) is 62.4 Å². The summed E-state index contributed by atoms with van der Waals surface area (Å²) in [7, 11) is 0. The third-order valence-electron chi connectivity index (χ3n) is 4.68. The Hall–Kier alpha value is -3.21. The van der Waals surface area contributed by atoms with Crippen LogP contribution in [0.4, 0.5) is 11.5 Å². The number of amides is 1.